The van der Waals surface area contributed by atoms with Gasteiger partial charge >= 0.3 is 0 Å². The molecule has 1 aromatic rings. The second-order valence-corrected chi connectivity index (χ2v) is 7.46. The number of carbonyl (C=O) groups is 1. The van der Waals surface area contributed by atoms with Crippen molar-refractivity contribution in [1.82, 2.24) is 35.1 Å². The number of likely N-dealkylation sites (N-methyl/N-ethyl adjacent to an activating group) is 1. The molecule has 0 spiro atoms. The van der Waals surface area contributed by atoms with E-state index in [2.05, 4.69) is 49.5 Å². The number of aliphatic imine (C=N–C) groups is 1. The van der Waals surface area contributed by atoms with Crippen molar-refractivity contribution in [2.45, 2.75) is 6.04 Å². The molecule has 2 N–H and O–H groups in total. The molecular weight excluding hydrogens is 372 g/mol. The summed E-state index contributed by atoms with van der Waals surface area (Å²) >= 11 is 0. The van der Waals surface area contributed by atoms with Crippen molar-refractivity contribution < 1.29 is 9.53 Å². The van der Waals surface area contributed by atoms with Gasteiger partial charge in [-0.2, -0.15) is 5.10 Å². The highest BCUT2D eigenvalue weighted by atomic mass is 16.5. The molecule has 1 unspecified atom stereocenters. The first-order valence-corrected chi connectivity index (χ1v) is 10.0. The van der Waals surface area contributed by atoms with Crippen LogP contribution in [-0.2, 0) is 16.6 Å². The predicted molar refractivity (Wildman–Crippen MR) is 114 cm³/mol. The van der Waals surface area contributed by atoms with E-state index in [1.165, 1.54) is 5.56 Å². The molecular formula is C19H36N8O2. The fraction of sp³-hybridized carbons (Fsp3) is 0.737. The molecule has 0 aliphatic carbocycles. The largest absolute Gasteiger partial charge is 0.383 e. The van der Waals surface area contributed by atoms with Crippen LogP contribution >= 0.6 is 0 Å². The van der Waals surface area contributed by atoms with Gasteiger partial charge in [-0.25, -0.2) is 0 Å². The van der Waals surface area contributed by atoms with Crippen LogP contribution in [0.2, 0.25) is 0 Å². The summed E-state index contributed by atoms with van der Waals surface area (Å²) in [6.07, 6.45) is 3.96. The van der Waals surface area contributed by atoms with Crippen molar-refractivity contribution in [3.05, 3.63) is 18.0 Å². The number of piperazine rings is 1. The number of methoxy groups -OCH3 is 1. The maximum atomic E-state index is 12.0. The summed E-state index contributed by atoms with van der Waals surface area (Å²) in [5, 5.41) is 10.7. The molecule has 164 valence electrons. The smallest absolute Gasteiger partial charge is 0.234 e. The zero-order valence-corrected chi connectivity index (χ0v) is 18.4. The number of carbonyl (C=O) groups excluding carboxylic acids is 1. The van der Waals surface area contributed by atoms with Crippen LogP contribution in [0.4, 0.5) is 0 Å². The summed E-state index contributed by atoms with van der Waals surface area (Å²) in [6, 6.07) is 0.206. The fourth-order valence-corrected chi connectivity index (χ4v) is 3.40. The SMILES string of the molecule is CN=C(NCC(c1cnn(C)c1)N(C)C)N1CCN(CC(=O)NCCOC)CC1. The third-order valence-electron chi connectivity index (χ3n) is 5.07. The Labute approximate surface area is 173 Å². The standard InChI is InChI=1S/C19H36N8O2/c1-20-19(22-13-17(24(2)3)16-12-23-25(4)14-16)27-9-7-26(8-10-27)15-18(28)21-6-11-29-5/h12,14,17H,6-11,13,15H2,1-5H3,(H,20,22)(H,21,28). The molecule has 0 bridgehead atoms. The summed E-state index contributed by atoms with van der Waals surface area (Å²) in [5.41, 5.74) is 1.17. The van der Waals surface area contributed by atoms with E-state index in [1.807, 2.05) is 31.2 Å². The van der Waals surface area contributed by atoms with Gasteiger partial charge in [0.2, 0.25) is 5.91 Å². The van der Waals surface area contributed by atoms with Crippen LogP contribution in [0.15, 0.2) is 17.4 Å². The van der Waals surface area contributed by atoms with Crippen LogP contribution in [0.25, 0.3) is 0 Å². The van der Waals surface area contributed by atoms with Gasteiger partial charge in [-0.05, 0) is 14.1 Å². The number of amides is 1. The van der Waals surface area contributed by atoms with Gasteiger partial charge in [-0.1, -0.05) is 0 Å². The van der Waals surface area contributed by atoms with Crippen molar-refractivity contribution in [3.63, 3.8) is 0 Å². The first kappa shape index (κ1) is 23.1. The Kier molecular flexibility index (Phi) is 9.36. The van der Waals surface area contributed by atoms with E-state index in [1.54, 1.807) is 7.11 Å². The summed E-state index contributed by atoms with van der Waals surface area (Å²) in [7, 11) is 9.51. The maximum absolute atomic E-state index is 12.0. The number of nitrogens with zero attached hydrogens (tertiary/aromatic N) is 6. The normalized spacial score (nSPS) is 16.9. The van der Waals surface area contributed by atoms with Gasteiger partial charge in [0.1, 0.15) is 0 Å². The predicted octanol–water partition coefficient (Wildman–Crippen LogP) is -1.02. The van der Waals surface area contributed by atoms with E-state index in [0.29, 0.717) is 19.7 Å². The zero-order valence-electron chi connectivity index (χ0n) is 18.4. The topological polar surface area (TPSA) is 90.3 Å². The highest BCUT2D eigenvalue weighted by molar-refractivity contribution is 5.80. The molecule has 1 fully saturated rings. The molecule has 1 amide bonds. The summed E-state index contributed by atoms with van der Waals surface area (Å²) in [5.74, 6) is 0.938. The van der Waals surface area contributed by atoms with E-state index in [9.17, 15) is 4.79 Å². The first-order valence-electron chi connectivity index (χ1n) is 10.0. The van der Waals surface area contributed by atoms with Gasteiger partial charge in [-0.3, -0.25) is 19.4 Å². The van der Waals surface area contributed by atoms with Crippen LogP contribution in [0.5, 0.6) is 0 Å². The third-order valence-corrected chi connectivity index (χ3v) is 5.07. The third kappa shape index (κ3) is 7.30. The van der Waals surface area contributed by atoms with Crippen molar-refractivity contribution in [2.24, 2.45) is 12.0 Å². The molecule has 1 saturated heterocycles. The number of hydrogen-bond acceptors (Lipinski definition) is 6. The minimum absolute atomic E-state index is 0.0447. The Morgan fingerprint density at radius 1 is 1.31 bits per heavy atom. The molecule has 0 saturated carbocycles. The van der Waals surface area contributed by atoms with E-state index in [-0.39, 0.29) is 11.9 Å². The Morgan fingerprint density at radius 3 is 2.59 bits per heavy atom. The molecule has 2 rings (SSSR count). The Hall–Kier alpha value is -2.17. The summed E-state index contributed by atoms with van der Waals surface area (Å²) in [6.45, 7) is 5.59. The number of aryl methyl sites for hydroxylation is 1. The number of guanidine groups is 1. The highest BCUT2D eigenvalue weighted by Gasteiger charge is 2.22. The van der Waals surface area contributed by atoms with E-state index >= 15 is 0 Å². The van der Waals surface area contributed by atoms with Crippen molar-refractivity contribution >= 4 is 11.9 Å². The van der Waals surface area contributed by atoms with Crippen molar-refractivity contribution in [2.75, 3.05) is 80.7 Å². The molecule has 29 heavy (non-hydrogen) atoms. The Morgan fingerprint density at radius 2 is 2.03 bits per heavy atom. The van der Waals surface area contributed by atoms with Gasteiger partial charge in [0.25, 0.3) is 0 Å². The summed E-state index contributed by atoms with van der Waals surface area (Å²) < 4.78 is 6.78. The average Bonchev–Trinajstić information content (AvgIpc) is 3.12. The lowest BCUT2D eigenvalue weighted by atomic mass is 10.1. The Bertz CT molecular complexity index is 652. The molecule has 10 nitrogen and oxygen atoms in total. The number of hydrogen-bond donors (Lipinski definition) is 2. The molecule has 0 aromatic carbocycles. The number of nitrogens with one attached hydrogen (secondary N) is 2. The average molecular weight is 409 g/mol. The molecule has 1 aromatic heterocycles. The lowest BCUT2D eigenvalue weighted by molar-refractivity contribution is -0.122. The van der Waals surface area contributed by atoms with E-state index in [4.69, 9.17) is 4.74 Å². The minimum Gasteiger partial charge on any atom is -0.383 e. The fourth-order valence-electron chi connectivity index (χ4n) is 3.40. The molecule has 0 radical (unpaired) electrons. The Balaban J connectivity index is 1.80. The van der Waals surface area contributed by atoms with Crippen molar-refractivity contribution in [1.29, 1.82) is 0 Å². The lowest BCUT2D eigenvalue weighted by Crippen LogP contribution is -2.54. The van der Waals surface area contributed by atoms with Crippen LogP contribution < -0.4 is 10.6 Å². The van der Waals surface area contributed by atoms with Crippen LogP contribution in [-0.4, -0.2) is 117 Å². The molecule has 1 atom stereocenters. The van der Waals surface area contributed by atoms with Crippen molar-refractivity contribution in [3.8, 4) is 0 Å². The molecule has 2 heterocycles. The van der Waals surface area contributed by atoms with Gasteiger partial charge in [0.15, 0.2) is 5.96 Å². The van der Waals surface area contributed by atoms with Crippen LogP contribution in [0, 0.1) is 0 Å². The van der Waals surface area contributed by atoms with E-state index < -0.39 is 0 Å². The number of ether oxygens (including phenoxy) is 1. The second-order valence-electron chi connectivity index (χ2n) is 7.46. The molecule has 1 aliphatic heterocycles. The van der Waals surface area contributed by atoms with Crippen LogP contribution in [0.1, 0.15) is 11.6 Å². The first-order chi connectivity index (χ1) is 13.9. The van der Waals surface area contributed by atoms with Gasteiger partial charge in [-0.15, -0.1) is 0 Å². The molecule has 10 heteroatoms. The van der Waals surface area contributed by atoms with Crippen LogP contribution in [0.3, 0.4) is 0 Å². The van der Waals surface area contributed by atoms with Gasteiger partial charge in [0.05, 0.1) is 25.4 Å². The number of aromatic nitrogens is 2. The van der Waals surface area contributed by atoms with E-state index in [0.717, 1.165) is 38.7 Å². The lowest BCUT2D eigenvalue weighted by Gasteiger charge is -2.36. The second kappa shape index (κ2) is 11.7. The number of rotatable bonds is 9. The van der Waals surface area contributed by atoms with Gasteiger partial charge in [0, 0.05) is 72.2 Å². The maximum Gasteiger partial charge on any atom is 0.234 e. The zero-order chi connectivity index (χ0) is 21.2. The minimum atomic E-state index is 0.0447. The monoisotopic (exact) mass is 408 g/mol. The highest BCUT2D eigenvalue weighted by Crippen LogP contribution is 2.16. The quantitative estimate of drug-likeness (QED) is 0.307. The summed E-state index contributed by atoms with van der Waals surface area (Å²) in [4.78, 5) is 23.0. The van der Waals surface area contributed by atoms with Gasteiger partial charge < -0.3 is 25.2 Å². The molecule has 1 aliphatic rings.